The number of rotatable bonds is 7. The molecule has 158 valence electrons. The van der Waals surface area contributed by atoms with Gasteiger partial charge in [0.25, 0.3) is 0 Å². The van der Waals surface area contributed by atoms with Gasteiger partial charge >= 0.3 is 0 Å². The second kappa shape index (κ2) is 12.3. The third-order valence-corrected chi connectivity index (χ3v) is 5.48. The molecule has 8 heteroatoms. The Morgan fingerprint density at radius 3 is 2.46 bits per heavy atom. The number of nitrogens with zero attached hydrogens (tertiary/aromatic N) is 2. The summed E-state index contributed by atoms with van der Waals surface area (Å²) in [5.74, 6) is 1.99. The molecule has 1 aromatic heterocycles. The van der Waals surface area contributed by atoms with Crippen molar-refractivity contribution in [2.45, 2.75) is 57.0 Å². The van der Waals surface area contributed by atoms with Gasteiger partial charge < -0.3 is 20.4 Å². The van der Waals surface area contributed by atoms with Crippen molar-refractivity contribution in [3.05, 3.63) is 24.2 Å². The van der Waals surface area contributed by atoms with Crippen LogP contribution in [-0.2, 0) is 11.2 Å². The molecule has 0 spiro atoms. The first-order chi connectivity index (χ1) is 13.2. The normalized spacial score (nSPS) is 19.2. The van der Waals surface area contributed by atoms with E-state index in [4.69, 9.17) is 9.41 Å². The van der Waals surface area contributed by atoms with E-state index in [2.05, 4.69) is 20.9 Å². The number of hydrogen-bond acceptors (Lipinski definition) is 4. The predicted molar refractivity (Wildman–Crippen MR) is 122 cm³/mol. The SMILES string of the molecule is CNC(=O)CN1CCC(NC(=NCCc2ccco2)NC2CCCC2)CC1.I. The summed E-state index contributed by atoms with van der Waals surface area (Å²) in [6.45, 7) is 3.08. The zero-order valence-corrected chi connectivity index (χ0v) is 19.1. The molecule has 2 heterocycles. The molecule has 2 fully saturated rings. The zero-order valence-electron chi connectivity index (χ0n) is 16.8. The molecule has 1 saturated carbocycles. The van der Waals surface area contributed by atoms with Crippen LogP contribution >= 0.6 is 24.0 Å². The molecule has 3 rings (SSSR count). The number of aliphatic imine (C=N–C) groups is 1. The van der Waals surface area contributed by atoms with Crippen LogP contribution in [0.4, 0.5) is 0 Å². The lowest BCUT2D eigenvalue weighted by Gasteiger charge is -2.33. The number of amides is 1. The van der Waals surface area contributed by atoms with Crippen LogP contribution in [0.25, 0.3) is 0 Å². The second-order valence-electron chi connectivity index (χ2n) is 7.55. The van der Waals surface area contributed by atoms with Crippen LogP contribution in [-0.4, -0.2) is 62.1 Å². The average molecular weight is 503 g/mol. The van der Waals surface area contributed by atoms with E-state index >= 15 is 0 Å². The first-order valence-electron chi connectivity index (χ1n) is 10.3. The molecule has 0 radical (unpaired) electrons. The molecule has 1 aliphatic heterocycles. The number of furan rings is 1. The van der Waals surface area contributed by atoms with Crippen molar-refractivity contribution in [2.75, 3.05) is 33.2 Å². The lowest BCUT2D eigenvalue weighted by Crippen LogP contribution is -2.51. The highest BCUT2D eigenvalue weighted by Crippen LogP contribution is 2.18. The average Bonchev–Trinajstić information content (AvgIpc) is 3.37. The Bertz CT molecular complexity index is 594. The van der Waals surface area contributed by atoms with Gasteiger partial charge in [0.2, 0.25) is 5.91 Å². The van der Waals surface area contributed by atoms with Gasteiger partial charge in [-0.1, -0.05) is 12.8 Å². The molecular formula is C20H34IN5O2. The molecule has 0 bridgehead atoms. The Kier molecular flexibility index (Phi) is 10.1. The Hall–Kier alpha value is -1.29. The van der Waals surface area contributed by atoms with Crippen LogP contribution in [0.3, 0.4) is 0 Å². The largest absolute Gasteiger partial charge is 0.469 e. The number of nitrogens with one attached hydrogen (secondary N) is 3. The van der Waals surface area contributed by atoms with Gasteiger partial charge in [0, 0.05) is 45.2 Å². The summed E-state index contributed by atoms with van der Waals surface area (Å²) in [5, 5.41) is 9.96. The fourth-order valence-corrected chi connectivity index (χ4v) is 3.84. The van der Waals surface area contributed by atoms with E-state index in [-0.39, 0.29) is 29.9 Å². The molecule has 1 aromatic rings. The summed E-state index contributed by atoms with van der Waals surface area (Å²) in [5.41, 5.74) is 0. The molecule has 28 heavy (non-hydrogen) atoms. The number of piperidine rings is 1. The third kappa shape index (κ3) is 7.62. The molecule has 1 saturated heterocycles. The smallest absolute Gasteiger partial charge is 0.233 e. The minimum absolute atomic E-state index is 0. The van der Waals surface area contributed by atoms with Crippen molar-refractivity contribution in [3.63, 3.8) is 0 Å². The van der Waals surface area contributed by atoms with E-state index in [9.17, 15) is 4.79 Å². The van der Waals surface area contributed by atoms with Crippen LogP contribution in [0.2, 0.25) is 0 Å². The van der Waals surface area contributed by atoms with E-state index in [1.165, 1.54) is 25.7 Å². The van der Waals surface area contributed by atoms with E-state index < -0.39 is 0 Å². The number of carbonyl (C=O) groups excluding carboxylic acids is 1. The fraction of sp³-hybridized carbons (Fsp3) is 0.700. The summed E-state index contributed by atoms with van der Waals surface area (Å²) in [6, 6.07) is 4.85. The lowest BCUT2D eigenvalue weighted by atomic mass is 10.1. The fourth-order valence-electron chi connectivity index (χ4n) is 3.84. The summed E-state index contributed by atoms with van der Waals surface area (Å²) in [7, 11) is 1.69. The highest BCUT2D eigenvalue weighted by Gasteiger charge is 2.23. The number of carbonyl (C=O) groups is 1. The lowest BCUT2D eigenvalue weighted by molar-refractivity contribution is -0.122. The standard InChI is InChI=1S/C20H33N5O2.HI/c1-21-19(26)15-25-12-9-17(10-13-25)24-20(23-16-5-2-3-6-16)22-11-8-18-7-4-14-27-18;/h4,7,14,16-17H,2-3,5-6,8-13,15H2,1H3,(H,21,26)(H2,22,23,24);1H. The Morgan fingerprint density at radius 1 is 1.18 bits per heavy atom. The molecule has 0 unspecified atom stereocenters. The van der Waals surface area contributed by atoms with Gasteiger partial charge in [0.15, 0.2) is 5.96 Å². The first-order valence-corrected chi connectivity index (χ1v) is 10.3. The summed E-state index contributed by atoms with van der Waals surface area (Å²) < 4.78 is 5.40. The van der Waals surface area contributed by atoms with Gasteiger partial charge in [0.1, 0.15) is 5.76 Å². The number of likely N-dealkylation sites (N-methyl/N-ethyl adjacent to an activating group) is 1. The topological polar surface area (TPSA) is 81.9 Å². The molecule has 0 aromatic carbocycles. The monoisotopic (exact) mass is 503 g/mol. The molecular weight excluding hydrogens is 469 g/mol. The second-order valence-corrected chi connectivity index (χ2v) is 7.55. The maximum absolute atomic E-state index is 11.5. The molecule has 7 nitrogen and oxygen atoms in total. The number of guanidine groups is 1. The minimum atomic E-state index is 0. The van der Waals surface area contributed by atoms with E-state index in [1.807, 2.05) is 12.1 Å². The summed E-state index contributed by atoms with van der Waals surface area (Å²) >= 11 is 0. The van der Waals surface area contributed by atoms with Crippen LogP contribution in [0.15, 0.2) is 27.8 Å². The van der Waals surface area contributed by atoms with Crippen molar-refractivity contribution < 1.29 is 9.21 Å². The third-order valence-electron chi connectivity index (χ3n) is 5.48. The van der Waals surface area contributed by atoms with Crippen molar-refractivity contribution >= 4 is 35.8 Å². The maximum atomic E-state index is 11.5. The molecule has 0 atom stereocenters. The minimum Gasteiger partial charge on any atom is -0.469 e. The highest BCUT2D eigenvalue weighted by atomic mass is 127. The van der Waals surface area contributed by atoms with Crippen molar-refractivity contribution in [2.24, 2.45) is 4.99 Å². The van der Waals surface area contributed by atoms with Crippen molar-refractivity contribution in [3.8, 4) is 0 Å². The number of halogens is 1. The Labute approximate surface area is 185 Å². The van der Waals surface area contributed by atoms with Crippen LogP contribution in [0.5, 0.6) is 0 Å². The Balaban J connectivity index is 0.00000280. The van der Waals surface area contributed by atoms with Crippen LogP contribution < -0.4 is 16.0 Å². The van der Waals surface area contributed by atoms with Crippen LogP contribution in [0.1, 0.15) is 44.3 Å². The van der Waals surface area contributed by atoms with E-state index in [0.29, 0.717) is 25.2 Å². The van der Waals surface area contributed by atoms with Gasteiger partial charge in [-0.15, -0.1) is 24.0 Å². The molecule has 3 N–H and O–H groups in total. The van der Waals surface area contributed by atoms with Gasteiger partial charge in [-0.25, -0.2) is 0 Å². The quantitative estimate of drug-likeness (QED) is 0.302. The summed E-state index contributed by atoms with van der Waals surface area (Å²) in [6.07, 6.45) is 9.63. The predicted octanol–water partition coefficient (Wildman–Crippen LogP) is 2.13. The van der Waals surface area contributed by atoms with Crippen molar-refractivity contribution in [1.82, 2.24) is 20.9 Å². The molecule has 2 aliphatic rings. The molecule has 1 amide bonds. The molecule has 1 aliphatic carbocycles. The zero-order chi connectivity index (χ0) is 18.9. The Morgan fingerprint density at radius 2 is 1.86 bits per heavy atom. The van der Waals surface area contributed by atoms with Gasteiger partial charge in [-0.05, 0) is 37.8 Å². The van der Waals surface area contributed by atoms with E-state index in [0.717, 1.165) is 44.1 Å². The van der Waals surface area contributed by atoms with Gasteiger partial charge in [-0.2, -0.15) is 0 Å². The van der Waals surface area contributed by atoms with Crippen molar-refractivity contribution in [1.29, 1.82) is 0 Å². The van der Waals surface area contributed by atoms with Crippen LogP contribution in [0, 0.1) is 0 Å². The summed E-state index contributed by atoms with van der Waals surface area (Å²) in [4.78, 5) is 18.6. The highest BCUT2D eigenvalue weighted by molar-refractivity contribution is 14.0. The first kappa shape index (κ1) is 23.0. The van der Waals surface area contributed by atoms with Gasteiger partial charge in [0.05, 0.1) is 12.8 Å². The number of likely N-dealkylation sites (tertiary alicyclic amines) is 1. The number of hydrogen-bond donors (Lipinski definition) is 3. The van der Waals surface area contributed by atoms with E-state index in [1.54, 1.807) is 13.3 Å². The maximum Gasteiger partial charge on any atom is 0.233 e. The van der Waals surface area contributed by atoms with Gasteiger partial charge in [-0.3, -0.25) is 14.7 Å².